The van der Waals surface area contributed by atoms with Crippen LogP contribution in [0.1, 0.15) is 0 Å². The maximum absolute atomic E-state index is 11.3. The normalized spacial score (nSPS) is 16.7. The fourth-order valence-electron chi connectivity index (χ4n) is 1.26. The molecule has 0 amide bonds. The Balaban J connectivity index is 0.00000196. The van der Waals surface area contributed by atoms with Gasteiger partial charge in [0.25, 0.3) is 0 Å². The van der Waals surface area contributed by atoms with Crippen LogP contribution in [0.2, 0.25) is 0 Å². The third-order valence-electron chi connectivity index (χ3n) is 1.75. The fraction of sp³-hybridized carbons (Fsp3) is 0.400. The molecule has 0 unspecified atom stereocenters. The highest BCUT2D eigenvalue weighted by molar-refractivity contribution is 14.0. The van der Waals surface area contributed by atoms with Crippen molar-refractivity contribution in [2.75, 3.05) is 27.7 Å². The molecular weight excluding hydrogens is 309 g/mol. The molecule has 0 bridgehead atoms. The van der Waals surface area contributed by atoms with Crippen LogP contribution in [0.5, 0.6) is 0 Å². The number of carbonyl (C=O) groups is 2. The standard InChI is InChI=1S/C10H13NO3.HI/c1-11(2,3)6-7-4-8(12)5-9(13)10(7)14;/h4-5H,6H2,1-3H3;1H. The Bertz CT molecular complexity index is 350. The molecule has 0 aromatic rings. The van der Waals surface area contributed by atoms with E-state index in [1.807, 2.05) is 21.1 Å². The van der Waals surface area contributed by atoms with Gasteiger partial charge >= 0.3 is 0 Å². The van der Waals surface area contributed by atoms with E-state index < -0.39 is 17.3 Å². The van der Waals surface area contributed by atoms with Crippen LogP contribution in [0.3, 0.4) is 0 Å². The maximum Gasteiger partial charge on any atom is 0.179 e. The molecule has 0 aromatic carbocycles. The Morgan fingerprint density at radius 1 is 1.20 bits per heavy atom. The molecule has 5 heteroatoms. The van der Waals surface area contributed by atoms with Crippen LogP contribution in [0.4, 0.5) is 0 Å². The van der Waals surface area contributed by atoms with Crippen LogP contribution in [0.25, 0.3) is 0 Å². The molecule has 0 spiro atoms. The highest BCUT2D eigenvalue weighted by Crippen LogP contribution is 2.11. The molecular formula is C10H14INO3. The second kappa shape index (κ2) is 4.89. The van der Waals surface area contributed by atoms with E-state index >= 15 is 0 Å². The average molecular weight is 323 g/mol. The largest absolute Gasteiger partial charge is 0.870 e. The fourth-order valence-corrected chi connectivity index (χ4v) is 1.26. The van der Waals surface area contributed by atoms with Gasteiger partial charge in [0, 0.05) is 0 Å². The van der Waals surface area contributed by atoms with Gasteiger partial charge in [-0.05, 0) is 12.2 Å². The number of carbonyl (C=O) groups excluding carboxylic acids is 2. The van der Waals surface area contributed by atoms with E-state index in [0.717, 1.165) is 6.08 Å². The van der Waals surface area contributed by atoms with Crippen LogP contribution >= 0.6 is 24.0 Å². The summed E-state index contributed by atoms with van der Waals surface area (Å²) in [6.45, 7) is 0.393. The van der Waals surface area contributed by atoms with Crippen molar-refractivity contribution in [2.45, 2.75) is 0 Å². The molecule has 1 aliphatic carbocycles. The Morgan fingerprint density at radius 2 is 1.73 bits per heavy atom. The van der Waals surface area contributed by atoms with Crippen molar-refractivity contribution in [3.8, 4) is 0 Å². The number of allylic oxidation sites excluding steroid dienone is 3. The Morgan fingerprint density at radius 3 is 2.20 bits per heavy atom. The number of rotatable bonds is 2. The molecule has 0 N–H and O–H groups in total. The second-order valence-electron chi connectivity index (χ2n) is 4.36. The molecule has 1 rings (SSSR count). The van der Waals surface area contributed by atoms with Crippen LogP contribution in [-0.4, -0.2) is 43.7 Å². The zero-order valence-electron chi connectivity index (χ0n) is 8.94. The van der Waals surface area contributed by atoms with Crippen molar-refractivity contribution in [1.82, 2.24) is 0 Å². The van der Waals surface area contributed by atoms with Crippen LogP contribution < -0.4 is 5.11 Å². The smallest absolute Gasteiger partial charge is 0.179 e. The van der Waals surface area contributed by atoms with Gasteiger partial charge in [-0.1, -0.05) is 5.76 Å². The number of likely N-dealkylation sites (N-methyl/N-ethyl adjacent to an activating group) is 1. The van der Waals surface area contributed by atoms with E-state index in [2.05, 4.69) is 0 Å². The summed E-state index contributed by atoms with van der Waals surface area (Å²) in [6.07, 6.45) is 2.08. The van der Waals surface area contributed by atoms with E-state index in [-0.39, 0.29) is 24.0 Å². The third-order valence-corrected chi connectivity index (χ3v) is 1.75. The molecule has 0 heterocycles. The van der Waals surface area contributed by atoms with E-state index in [0.29, 0.717) is 16.6 Å². The lowest BCUT2D eigenvalue weighted by molar-refractivity contribution is -0.865. The van der Waals surface area contributed by atoms with Crippen molar-refractivity contribution in [3.05, 3.63) is 23.5 Å². The first-order valence-electron chi connectivity index (χ1n) is 4.28. The van der Waals surface area contributed by atoms with Crippen molar-refractivity contribution in [1.29, 1.82) is 0 Å². The van der Waals surface area contributed by atoms with Crippen LogP contribution in [-0.2, 0) is 9.59 Å². The molecule has 15 heavy (non-hydrogen) atoms. The van der Waals surface area contributed by atoms with E-state index in [4.69, 9.17) is 0 Å². The lowest BCUT2D eigenvalue weighted by atomic mass is 10.0. The lowest BCUT2D eigenvalue weighted by Gasteiger charge is -2.26. The minimum absolute atomic E-state index is 0. The molecule has 0 saturated heterocycles. The molecule has 84 valence electrons. The van der Waals surface area contributed by atoms with Gasteiger partial charge < -0.3 is 9.59 Å². The summed E-state index contributed by atoms with van der Waals surface area (Å²) in [6, 6.07) is 0. The van der Waals surface area contributed by atoms with Gasteiger partial charge in [0.1, 0.15) is 6.54 Å². The number of quaternary nitrogens is 1. The Hall–Kier alpha value is -0.690. The van der Waals surface area contributed by atoms with Gasteiger partial charge in [0.2, 0.25) is 0 Å². The lowest BCUT2D eigenvalue weighted by Crippen LogP contribution is -2.39. The molecule has 0 radical (unpaired) electrons. The number of hydrogen-bond acceptors (Lipinski definition) is 3. The van der Waals surface area contributed by atoms with Gasteiger partial charge in [-0.25, -0.2) is 0 Å². The summed E-state index contributed by atoms with van der Waals surface area (Å²) >= 11 is 0. The average Bonchev–Trinajstić information content (AvgIpc) is 1.96. The summed E-state index contributed by atoms with van der Waals surface area (Å²) < 4.78 is 0.512. The van der Waals surface area contributed by atoms with E-state index in [9.17, 15) is 14.7 Å². The van der Waals surface area contributed by atoms with Crippen molar-refractivity contribution >= 4 is 35.5 Å². The third kappa shape index (κ3) is 4.13. The predicted octanol–water partition coefficient (Wildman–Crippen LogP) is -0.367. The van der Waals surface area contributed by atoms with Crippen LogP contribution in [0, 0.1) is 0 Å². The summed E-state index contributed by atoms with van der Waals surface area (Å²) in [4.78, 5) is 22.3. The van der Waals surface area contributed by atoms with Gasteiger partial charge in [-0.2, -0.15) is 0 Å². The molecule has 0 atom stereocenters. The summed E-state index contributed by atoms with van der Waals surface area (Å²) in [5.74, 6) is -1.66. The van der Waals surface area contributed by atoms with Crippen molar-refractivity contribution in [2.24, 2.45) is 0 Å². The van der Waals surface area contributed by atoms with Crippen LogP contribution in [0.15, 0.2) is 23.5 Å². The first kappa shape index (κ1) is 14.3. The summed E-state index contributed by atoms with van der Waals surface area (Å²) in [7, 11) is 5.67. The minimum atomic E-state index is -0.707. The zero-order valence-corrected chi connectivity index (χ0v) is 11.3. The number of Topliss-reactive ketones (excluding diaryl/α,β-unsaturated/α-hetero) is 1. The maximum atomic E-state index is 11.3. The molecule has 0 aromatic heterocycles. The topological polar surface area (TPSA) is 57.2 Å². The molecule has 1 aliphatic rings. The minimum Gasteiger partial charge on any atom is -0.870 e. The highest BCUT2D eigenvalue weighted by atomic mass is 127. The van der Waals surface area contributed by atoms with Gasteiger partial charge in [0.15, 0.2) is 11.6 Å². The highest BCUT2D eigenvalue weighted by Gasteiger charge is 2.21. The molecule has 0 fully saturated rings. The number of halogens is 1. The molecule has 4 nitrogen and oxygen atoms in total. The molecule has 0 saturated carbocycles. The van der Waals surface area contributed by atoms with E-state index in [1.54, 1.807) is 0 Å². The zero-order chi connectivity index (χ0) is 10.9. The molecule has 0 aliphatic heterocycles. The van der Waals surface area contributed by atoms with Gasteiger partial charge in [-0.15, -0.1) is 24.0 Å². The van der Waals surface area contributed by atoms with E-state index in [1.165, 1.54) is 6.08 Å². The number of hydrogen-bond donors (Lipinski definition) is 0. The van der Waals surface area contributed by atoms with Crippen molar-refractivity contribution in [3.63, 3.8) is 0 Å². The SMILES string of the molecule is C[N+](C)(C)CC1=CC(=O)C=C([O-])C1=O.I. The first-order valence-corrected chi connectivity index (χ1v) is 4.28. The van der Waals surface area contributed by atoms with Gasteiger partial charge in [0.05, 0.1) is 26.7 Å². The monoisotopic (exact) mass is 323 g/mol. The quantitative estimate of drug-likeness (QED) is 0.396. The Labute approximate surface area is 106 Å². The Kier molecular flexibility index (Phi) is 4.66. The van der Waals surface area contributed by atoms with Crippen molar-refractivity contribution < 1.29 is 19.2 Å². The summed E-state index contributed by atoms with van der Waals surface area (Å²) in [5.41, 5.74) is 0.301. The number of nitrogens with zero attached hydrogens (tertiary/aromatic N) is 1. The predicted molar refractivity (Wildman–Crippen MR) is 64.5 cm³/mol. The second-order valence-corrected chi connectivity index (χ2v) is 4.36. The summed E-state index contributed by atoms with van der Waals surface area (Å²) in [5, 5.41) is 11.0. The first-order chi connectivity index (χ1) is 6.29. The number of ketones is 2. The van der Waals surface area contributed by atoms with Gasteiger partial charge in [-0.3, -0.25) is 9.59 Å².